The summed E-state index contributed by atoms with van der Waals surface area (Å²) in [5, 5.41) is 0.444. The van der Waals surface area contributed by atoms with Crippen LogP contribution in [0.4, 0.5) is 32.0 Å². The number of amides is 1. The second kappa shape index (κ2) is 13.4. The van der Waals surface area contributed by atoms with Gasteiger partial charge in [-0.3, -0.25) is 9.79 Å². The first-order chi connectivity index (χ1) is 22.2. The van der Waals surface area contributed by atoms with Crippen LogP contribution in [-0.4, -0.2) is 51.1 Å². The van der Waals surface area contributed by atoms with E-state index in [0.717, 1.165) is 22.1 Å². The molecule has 50 heavy (non-hydrogen) atoms. The fourth-order valence-corrected chi connectivity index (χ4v) is 8.39. The fraction of sp³-hybridized carbons (Fsp3) is 0.576. The number of nitrogens with zero attached hydrogens (tertiary/aromatic N) is 3. The third-order valence-electron chi connectivity index (χ3n) is 10.0. The smallest absolute Gasteiger partial charge is 0.542 e. The van der Waals surface area contributed by atoms with Gasteiger partial charge in [-0.1, -0.05) is 44.5 Å². The molecule has 6 nitrogen and oxygen atoms in total. The monoisotopic (exact) mass is 759 g/mol. The van der Waals surface area contributed by atoms with E-state index >= 15 is 0 Å². The van der Waals surface area contributed by atoms with E-state index < -0.39 is 68.7 Å². The molecular weight excluding hydrogens is 721 g/mol. The molecule has 0 saturated carbocycles. The summed E-state index contributed by atoms with van der Waals surface area (Å²) < 4.78 is 96.5. The van der Waals surface area contributed by atoms with Crippen LogP contribution in [0.2, 0.25) is 5.02 Å². The first-order valence-corrected chi connectivity index (χ1v) is 17.5. The van der Waals surface area contributed by atoms with E-state index in [-0.39, 0.29) is 36.0 Å². The molecule has 1 spiro atoms. The molecule has 0 aliphatic carbocycles. The molecule has 2 aromatic rings. The number of carbonyl (C=O) groups is 1. The minimum atomic E-state index is -5.12. The van der Waals surface area contributed by atoms with E-state index in [9.17, 15) is 31.1 Å². The van der Waals surface area contributed by atoms with Gasteiger partial charge < -0.3 is 19.0 Å². The van der Waals surface area contributed by atoms with Gasteiger partial charge in [0.05, 0.1) is 16.7 Å². The molecular formula is C33H39BCl2F6LiN3O3S. The third kappa shape index (κ3) is 7.33. The summed E-state index contributed by atoms with van der Waals surface area (Å²) in [5.74, 6) is -0.357. The average Bonchev–Trinajstić information content (AvgIpc) is 3.53. The van der Waals surface area contributed by atoms with E-state index in [0.29, 0.717) is 36.5 Å². The number of hydrogen-bond donors (Lipinski definition) is 0. The minimum absolute atomic E-state index is 0. The van der Waals surface area contributed by atoms with Gasteiger partial charge in [0.15, 0.2) is 0 Å². The molecule has 3 fully saturated rings. The zero-order chi connectivity index (χ0) is 36.8. The van der Waals surface area contributed by atoms with Gasteiger partial charge in [-0.15, -0.1) is 23.4 Å². The number of thioether (sulfide) groups is 1. The standard InChI is InChI=1S/C33H39BCl2F6N3O3S.Li/c1-28(2,3)24(25(46)44-15-9-14-31(44,8)19-10-12-22(35)13-11-19)43-27-45(34(26(36)49-27)47-29(4,5)30(6,7)48-34)23-17-20(32(37,38)39)16-21(18-23)33(40,41)42;/h10-13,16-18,24,26H,9,14-15H2,1-8H3;/q-1;+1/t24-,26-,31-;/m1./s1. The molecule has 5 rings (SSSR count). The van der Waals surface area contributed by atoms with Crippen molar-refractivity contribution in [3.63, 3.8) is 0 Å². The van der Waals surface area contributed by atoms with Crippen LogP contribution in [0.5, 0.6) is 0 Å². The summed E-state index contributed by atoms with van der Waals surface area (Å²) >= 11 is 13.9. The Morgan fingerprint density at radius 1 is 0.940 bits per heavy atom. The normalized spacial score (nSPS) is 26.1. The number of aliphatic imine (C=N–C) groups is 1. The van der Waals surface area contributed by atoms with Crippen molar-refractivity contribution in [2.24, 2.45) is 10.4 Å². The molecule has 17 heteroatoms. The van der Waals surface area contributed by atoms with E-state index in [4.69, 9.17) is 37.5 Å². The molecule has 3 heterocycles. The molecule has 0 bridgehead atoms. The van der Waals surface area contributed by atoms with Crippen LogP contribution >= 0.6 is 35.0 Å². The van der Waals surface area contributed by atoms with Crippen molar-refractivity contribution in [2.45, 2.75) is 108 Å². The molecule has 3 aliphatic rings. The van der Waals surface area contributed by atoms with Crippen LogP contribution in [0.3, 0.4) is 0 Å². The minimum Gasteiger partial charge on any atom is -0.542 e. The first-order valence-electron chi connectivity index (χ1n) is 15.8. The second-order valence-electron chi connectivity index (χ2n) is 15.1. The Balaban J connectivity index is 0.00000562. The largest absolute Gasteiger partial charge is 1.00 e. The molecule has 0 unspecified atom stereocenters. The maximum atomic E-state index is 14.6. The maximum Gasteiger partial charge on any atom is 1.00 e. The van der Waals surface area contributed by atoms with Gasteiger partial charge >= 0.3 is 37.9 Å². The number of alkyl halides is 7. The number of rotatable bonds is 4. The summed E-state index contributed by atoms with van der Waals surface area (Å²) in [7, 11) is 0. The Morgan fingerprint density at radius 2 is 1.44 bits per heavy atom. The SMILES string of the molecule is CC(C)(C)[C@H](N=C1S[C@@H](Cl)[B-]2(OC(C)(C)C(C)(C)O2)N1c1cc(C(F)(F)F)cc(C(F)(F)F)c1)C(=O)N1CCC[C@]1(C)c1ccc(Cl)cc1.[Li+]. The molecule has 270 valence electrons. The Hall–Kier alpha value is -1.53. The first kappa shape index (κ1) is 41.2. The fourth-order valence-electron chi connectivity index (χ4n) is 6.67. The predicted octanol–water partition coefficient (Wildman–Crippen LogP) is 6.89. The topological polar surface area (TPSA) is 54.4 Å². The van der Waals surface area contributed by atoms with Crippen LogP contribution in [0.15, 0.2) is 47.5 Å². The van der Waals surface area contributed by atoms with Gasteiger partial charge in [0, 0.05) is 33.1 Å². The van der Waals surface area contributed by atoms with E-state index in [2.05, 4.69) is 0 Å². The van der Waals surface area contributed by atoms with Gasteiger partial charge in [-0.05, 0) is 88.8 Å². The number of halogens is 8. The number of carbonyl (C=O) groups excluding carboxylic acids is 1. The van der Waals surface area contributed by atoms with Crippen molar-refractivity contribution in [3.8, 4) is 0 Å². The predicted molar refractivity (Wildman–Crippen MR) is 183 cm³/mol. The van der Waals surface area contributed by atoms with E-state index in [1.807, 2.05) is 19.1 Å². The van der Waals surface area contributed by atoms with Crippen LogP contribution in [0.1, 0.15) is 84.9 Å². The van der Waals surface area contributed by atoms with Crippen molar-refractivity contribution in [3.05, 3.63) is 64.2 Å². The van der Waals surface area contributed by atoms with Crippen LogP contribution < -0.4 is 23.7 Å². The molecule has 0 N–H and O–H groups in total. The third-order valence-corrected chi connectivity index (χ3v) is 11.9. The average molecular weight is 760 g/mol. The van der Waals surface area contributed by atoms with Gasteiger partial charge in [-0.25, -0.2) is 0 Å². The molecule has 1 amide bonds. The van der Waals surface area contributed by atoms with E-state index in [1.54, 1.807) is 65.5 Å². The van der Waals surface area contributed by atoms with Crippen molar-refractivity contribution in [1.82, 2.24) is 4.90 Å². The Kier molecular flexibility index (Phi) is 11.0. The Morgan fingerprint density at radius 3 is 1.90 bits per heavy atom. The van der Waals surface area contributed by atoms with Gasteiger partial charge in [-0.2, -0.15) is 26.3 Å². The number of anilines is 1. The van der Waals surface area contributed by atoms with E-state index in [1.165, 1.54) is 0 Å². The summed E-state index contributed by atoms with van der Waals surface area (Å²) in [5.41, 5.74) is -6.46. The zero-order valence-corrected chi connectivity index (χ0v) is 31.7. The van der Waals surface area contributed by atoms with Crippen LogP contribution in [0.25, 0.3) is 0 Å². The molecule has 0 radical (unpaired) electrons. The van der Waals surface area contributed by atoms with Crippen molar-refractivity contribution < 1.29 is 59.3 Å². The summed E-state index contributed by atoms with van der Waals surface area (Å²) in [4.78, 5) is 22.3. The van der Waals surface area contributed by atoms with Gasteiger partial charge in [0.2, 0.25) is 5.91 Å². The number of hydrogen-bond acceptors (Lipinski definition) is 5. The summed E-state index contributed by atoms with van der Waals surface area (Å²) in [6.45, 7) is 11.5. The molecule has 3 aliphatic heterocycles. The van der Waals surface area contributed by atoms with Crippen molar-refractivity contribution >= 4 is 58.4 Å². The summed E-state index contributed by atoms with van der Waals surface area (Å²) in [6.07, 6.45) is -8.89. The molecule has 3 saturated heterocycles. The number of likely N-dealkylation sites (tertiary alicyclic amines) is 1. The second-order valence-corrected chi connectivity index (χ2v) is 17.4. The molecule has 0 aromatic heterocycles. The number of amidine groups is 1. The van der Waals surface area contributed by atoms with Crippen LogP contribution in [0, 0.1) is 5.41 Å². The van der Waals surface area contributed by atoms with Crippen molar-refractivity contribution in [1.29, 1.82) is 0 Å². The quantitative estimate of drug-likeness (QED) is 0.193. The molecule has 3 atom stereocenters. The van der Waals surface area contributed by atoms with Gasteiger partial charge in [0.25, 0.3) is 0 Å². The molecule has 2 aromatic carbocycles. The van der Waals surface area contributed by atoms with Gasteiger partial charge in [0.1, 0.15) is 11.2 Å². The maximum absolute atomic E-state index is 14.6. The van der Waals surface area contributed by atoms with Crippen molar-refractivity contribution in [2.75, 3.05) is 11.4 Å². The zero-order valence-electron chi connectivity index (χ0n) is 29.4. The Bertz CT molecular complexity index is 1610. The Labute approximate surface area is 315 Å². The summed E-state index contributed by atoms with van der Waals surface area (Å²) in [6, 6.07) is 7.32. The number of benzene rings is 2. The van der Waals surface area contributed by atoms with Crippen LogP contribution in [-0.2, 0) is 32.0 Å².